The van der Waals surface area contributed by atoms with E-state index in [4.69, 9.17) is 0 Å². The maximum absolute atomic E-state index is 12.5. The number of nitrogens with one attached hydrogen (secondary N) is 1. The van der Waals surface area contributed by atoms with Crippen LogP contribution in [0, 0.1) is 6.92 Å². The van der Waals surface area contributed by atoms with Gasteiger partial charge in [0.05, 0.1) is 5.56 Å². The first kappa shape index (κ1) is 18.0. The average molecular weight is 372 g/mol. The lowest BCUT2D eigenvalue weighted by Crippen LogP contribution is -2.46. The monoisotopic (exact) mass is 372 g/mol. The number of anilines is 3. The van der Waals surface area contributed by atoms with E-state index in [0.29, 0.717) is 5.56 Å². The highest BCUT2D eigenvalue weighted by atomic mass is 16.1. The van der Waals surface area contributed by atoms with E-state index >= 15 is 0 Å². The number of carbonyl (C=O) groups excluding carboxylic acids is 1. The van der Waals surface area contributed by atoms with Crippen LogP contribution < -0.4 is 15.1 Å². The van der Waals surface area contributed by atoms with Gasteiger partial charge in [-0.15, -0.1) is 0 Å². The van der Waals surface area contributed by atoms with Gasteiger partial charge in [0.25, 0.3) is 5.91 Å². The number of hydrogen-bond donors (Lipinski definition) is 1. The van der Waals surface area contributed by atoms with Crippen molar-refractivity contribution in [2.24, 2.45) is 0 Å². The van der Waals surface area contributed by atoms with Crippen LogP contribution in [0.3, 0.4) is 0 Å². The molecule has 1 amide bonds. The number of amides is 1. The highest BCUT2D eigenvalue weighted by Gasteiger charge is 2.18. The fourth-order valence-electron chi connectivity index (χ4n) is 3.45. The molecule has 0 radical (unpaired) electrons. The van der Waals surface area contributed by atoms with Gasteiger partial charge in [-0.2, -0.15) is 0 Å². The summed E-state index contributed by atoms with van der Waals surface area (Å²) < 4.78 is 0. The first-order valence-corrected chi connectivity index (χ1v) is 9.59. The van der Waals surface area contributed by atoms with Crippen LogP contribution in [0.15, 0.2) is 72.9 Å². The quantitative estimate of drug-likeness (QED) is 0.753. The molecule has 2 heterocycles. The normalized spacial score (nSPS) is 14.0. The molecule has 5 heteroatoms. The third kappa shape index (κ3) is 3.98. The maximum atomic E-state index is 12.5. The minimum atomic E-state index is -0.137. The van der Waals surface area contributed by atoms with E-state index < -0.39 is 0 Å². The molecule has 1 N–H and O–H groups in total. The summed E-state index contributed by atoms with van der Waals surface area (Å²) in [7, 11) is 0. The third-order valence-corrected chi connectivity index (χ3v) is 5.13. The van der Waals surface area contributed by atoms with Gasteiger partial charge >= 0.3 is 0 Å². The number of aromatic nitrogens is 1. The number of para-hydroxylation sites is 2. The molecule has 1 aliphatic rings. The van der Waals surface area contributed by atoms with Gasteiger partial charge in [-0.05, 0) is 42.8 Å². The molecule has 1 saturated heterocycles. The van der Waals surface area contributed by atoms with Crippen molar-refractivity contribution in [2.45, 2.75) is 6.92 Å². The molecule has 4 rings (SSSR count). The second-order valence-electron chi connectivity index (χ2n) is 6.98. The Morgan fingerprint density at radius 3 is 2.21 bits per heavy atom. The molecule has 1 fully saturated rings. The lowest BCUT2D eigenvalue weighted by molar-refractivity contribution is 0.102. The fraction of sp³-hybridized carbons (Fsp3) is 0.217. The minimum absolute atomic E-state index is 0.137. The highest BCUT2D eigenvalue weighted by Crippen LogP contribution is 2.20. The Labute approximate surface area is 165 Å². The third-order valence-electron chi connectivity index (χ3n) is 5.13. The summed E-state index contributed by atoms with van der Waals surface area (Å²) >= 11 is 0. The Morgan fingerprint density at radius 2 is 1.54 bits per heavy atom. The zero-order valence-electron chi connectivity index (χ0n) is 16.0. The van der Waals surface area contributed by atoms with Crippen molar-refractivity contribution < 1.29 is 4.79 Å². The Hall–Kier alpha value is -3.34. The standard InChI is InChI=1S/C23H24N4O/c1-18-7-5-6-10-21(18)25-23(28)19-11-12-22(24-17-19)27-15-13-26(14-16-27)20-8-3-2-4-9-20/h2-12,17H,13-16H2,1H3,(H,25,28). The van der Waals surface area contributed by atoms with Gasteiger partial charge in [-0.3, -0.25) is 4.79 Å². The molecule has 2 aromatic carbocycles. The predicted molar refractivity (Wildman–Crippen MR) is 114 cm³/mol. The van der Waals surface area contributed by atoms with Gasteiger partial charge in [0.2, 0.25) is 0 Å². The van der Waals surface area contributed by atoms with E-state index in [1.165, 1.54) is 5.69 Å². The molecular weight excluding hydrogens is 348 g/mol. The van der Waals surface area contributed by atoms with E-state index in [2.05, 4.69) is 44.4 Å². The number of hydrogen-bond acceptors (Lipinski definition) is 4. The van der Waals surface area contributed by atoms with Gasteiger partial charge < -0.3 is 15.1 Å². The van der Waals surface area contributed by atoms with Crippen LogP contribution in [0.25, 0.3) is 0 Å². The molecule has 0 unspecified atom stereocenters. The van der Waals surface area contributed by atoms with Crippen LogP contribution in [0.1, 0.15) is 15.9 Å². The van der Waals surface area contributed by atoms with Gasteiger partial charge in [0, 0.05) is 43.8 Å². The first-order chi connectivity index (χ1) is 13.7. The summed E-state index contributed by atoms with van der Waals surface area (Å²) in [6.45, 7) is 5.72. The maximum Gasteiger partial charge on any atom is 0.257 e. The van der Waals surface area contributed by atoms with Crippen molar-refractivity contribution in [1.82, 2.24) is 4.98 Å². The first-order valence-electron chi connectivity index (χ1n) is 9.59. The lowest BCUT2D eigenvalue weighted by atomic mass is 10.2. The Kier molecular flexibility index (Phi) is 5.24. The van der Waals surface area contributed by atoms with E-state index in [1.807, 2.05) is 49.4 Å². The number of benzene rings is 2. The van der Waals surface area contributed by atoms with Crippen molar-refractivity contribution >= 4 is 23.1 Å². The number of piperazine rings is 1. The summed E-state index contributed by atoms with van der Waals surface area (Å²) in [6, 6.07) is 22.0. The van der Waals surface area contributed by atoms with Crippen LogP contribution >= 0.6 is 0 Å². The summed E-state index contributed by atoms with van der Waals surface area (Å²) in [5.41, 5.74) is 3.69. The number of carbonyl (C=O) groups is 1. The molecular formula is C23H24N4O. The summed E-state index contributed by atoms with van der Waals surface area (Å²) in [5.74, 6) is 0.780. The summed E-state index contributed by atoms with van der Waals surface area (Å²) in [4.78, 5) is 21.7. The van der Waals surface area contributed by atoms with Crippen molar-refractivity contribution in [1.29, 1.82) is 0 Å². The lowest BCUT2D eigenvalue weighted by Gasteiger charge is -2.36. The molecule has 3 aromatic rings. The molecule has 5 nitrogen and oxygen atoms in total. The number of aryl methyl sites for hydroxylation is 1. The molecule has 0 bridgehead atoms. The van der Waals surface area contributed by atoms with Gasteiger partial charge in [0.1, 0.15) is 5.82 Å². The highest BCUT2D eigenvalue weighted by molar-refractivity contribution is 6.04. The minimum Gasteiger partial charge on any atom is -0.368 e. The van der Waals surface area contributed by atoms with Crippen molar-refractivity contribution in [3.63, 3.8) is 0 Å². The van der Waals surface area contributed by atoms with Gasteiger partial charge in [0.15, 0.2) is 0 Å². The number of nitrogens with zero attached hydrogens (tertiary/aromatic N) is 3. The SMILES string of the molecule is Cc1ccccc1NC(=O)c1ccc(N2CCN(c3ccccc3)CC2)nc1. The molecule has 142 valence electrons. The Bertz CT molecular complexity index is 932. The second kappa shape index (κ2) is 8.13. The Morgan fingerprint density at radius 1 is 0.857 bits per heavy atom. The van der Waals surface area contributed by atoms with Crippen LogP contribution in [0.4, 0.5) is 17.2 Å². The van der Waals surface area contributed by atoms with Crippen LogP contribution in [-0.2, 0) is 0 Å². The Balaban J connectivity index is 1.37. The predicted octanol–water partition coefficient (Wildman–Crippen LogP) is 3.97. The molecule has 0 saturated carbocycles. The van der Waals surface area contributed by atoms with Crippen LogP contribution in [-0.4, -0.2) is 37.1 Å². The van der Waals surface area contributed by atoms with E-state index in [9.17, 15) is 4.79 Å². The molecule has 1 aliphatic heterocycles. The zero-order valence-corrected chi connectivity index (χ0v) is 16.0. The molecule has 1 aromatic heterocycles. The van der Waals surface area contributed by atoms with Crippen molar-refractivity contribution in [2.75, 3.05) is 41.3 Å². The molecule has 28 heavy (non-hydrogen) atoms. The smallest absolute Gasteiger partial charge is 0.257 e. The topological polar surface area (TPSA) is 48.5 Å². The van der Waals surface area contributed by atoms with E-state index in [1.54, 1.807) is 6.20 Å². The van der Waals surface area contributed by atoms with Crippen molar-refractivity contribution in [3.8, 4) is 0 Å². The second-order valence-corrected chi connectivity index (χ2v) is 6.98. The average Bonchev–Trinajstić information content (AvgIpc) is 2.76. The van der Waals surface area contributed by atoms with Gasteiger partial charge in [-0.25, -0.2) is 4.98 Å². The largest absolute Gasteiger partial charge is 0.368 e. The van der Waals surface area contributed by atoms with Crippen LogP contribution in [0.2, 0.25) is 0 Å². The molecule has 0 spiro atoms. The number of pyridine rings is 1. The molecule has 0 aliphatic carbocycles. The fourth-order valence-corrected chi connectivity index (χ4v) is 3.45. The molecule has 0 atom stereocenters. The summed E-state index contributed by atoms with van der Waals surface area (Å²) in [5, 5.41) is 2.95. The summed E-state index contributed by atoms with van der Waals surface area (Å²) in [6.07, 6.45) is 1.66. The van der Waals surface area contributed by atoms with E-state index in [0.717, 1.165) is 43.2 Å². The van der Waals surface area contributed by atoms with Crippen LogP contribution in [0.5, 0.6) is 0 Å². The number of rotatable bonds is 4. The van der Waals surface area contributed by atoms with Gasteiger partial charge in [-0.1, -0.05) is 36.4 Å². The zero-order chi connectivity index (χ0) is 19.3. The van der Waals surface area contributed by atoms with Crippen molar-refractivity contribution in [3.05, 3.63) is 84.1 Å². The van der Waals surface area contributed by atoms with E-state index in [-0.39, 0.29) is 5.91 Å².